The molecule has 0 amide bonds. The third-order valence-electron chi connectivity index (χ3n) is 2.56. The molecule has 1 nitrogen and oxygen atoms in total. The molecule has 0 aliphatic heterocycles. The molecule has 1 N–H and O–H groups in total. The summed E-state index contributed by atoms with van der Waals surface area (Å²) >= 11 is 1.87. The van der Waals surface area contributed by atoms with Crippen molar-refractivity contribution in [1.82, 2.24) is 5.32 Å². The summed E-state index contributed by atoms with van der Waals surface area (Å²) in [6, 6.07) is 2.65. The van der Waals surface area contributed by atoms with Crippen molar-refractivity contribution >= 4 is 11.3 Å². The van der Waals surface area contributed by atoms with E-state index in [1.165, 1.54) is 22.4 Å². The maximum Gasteiger partial charge on any atom is 0.0605 e. The van der Waals surface area contributed by atoms with E-state index in [0.717, 1.165) is 13.0 Å². The second-order valence-corrected chi connectivity index (χ2v) is 5.29. The number of allylic oxidation sites excluding steroid dienone is 1. The molecule has 0 bridgehead atoms. The summed E-state index contributed by atoms with van der Waals surface area (Å²) in [5, 5.41) is 5.81. The van der Waals surface area contributed by atoms with E-state index in [1.807, 2.05) is 11.3 Å². The molecule has 1 atom stereocenters. The highest BCUT2D eigenvalue weighted by molar-refractivity contribution is 7.10. The quantitative estimate of drug-likeness (QED) is 0.727. The first-order valence-electron chi connectivity index (χ1n) is 6.13. The molecule has 0 aliphatic rings. The van der Waals surface area contributed by atoms with Crippen molar-refractivity contribution in [2.24, 2.45) is 0 Å². The SMILES string of the molecule is CCCNC(C=C(C)C)c1sccc1CC. The zero-order valence-corrected chi connectivity index (χ0v) is 11.7. The molecule has 16 heavy (non-hydrogen) atoms. The maximum absolute atomic E-state index is 3.61. The zero-order valence-electron chi connectivity index (χ0n) is 10.8. The Balaban J connectivity index is 2.87. The average Bonchev–Trinajstić information content (AvgIpc) is 2.71. The third-order valence-corrected chi connectivity index (χ3v) is 3.60. The first kappa shape index (κ1) is 13.5. The largest absolute Gasteiger partial charge is 0.306 e. The number of aryl methyl sites for hydroxylation is 1. The molecular formula is C14H23NS. The van der Waals surface area contributed by atoms with Gasteiger partial charge in [0.05, 0.1) is 6.04 Å². The average molecular weight is 237 g/mol. The van der Waals surface area contributed by atoms with Crippen LogP contribution in [0.5, 0.6) is 0 Å². The summed E-state index contributed by atoms with van der Waals surface area (Å²) < 4.78 is 0. The van der Waals surface area contributed by atoms with E-state index in [2.05, 4.69) is 50.5 Å². The molecule has 0 saturated heterocycles. The Labute approximate surface area is 104 Å². The molecule has 1 aromatic heterocycles. The first-order chi connectivity index (χ1) is 7.69. The van der Waals surface area contributed by atoms with Crippen LogP contribution in [0.1, 0.15) is 50.6 Å². The lowest BCUT2D eigenvalue weighted by Crippen LogP contribution is -2.20. The van der Waals surface area contributed by atoms with Crippen molar-refractivity contribution in [3.05, 3.63) is 33.5 Å². The molecule has 1 heterocycles. The van der Waals surface area contributed by atoms with Crippen molar-refractivity contribution in [2.45, 2.75) is 46.6 Å². The third kappa shape index (κ3) is 3.76. The van der Waals surface area contributed by atoms with Gasteiger partial charge in [-0.1, -0.05) is 25.5 Å². The highest BCUT2D eigenvalue weighted by atomic mass is 32.1. The lowest BCUT2D eigenvalue weighted by molar-refractivity contribution is 0.614. The smallest absolute Gasteiger partial charge is 0.0605 e. The van der Waals surface area contributed by atoms with Crippen LogP contribution < -0.4 is 5.32 Å². The van der Waals surface area contributed by atoms with E-state index >= 15 is 0 Å². The van der Waals surface area contributed by atoms with E-state index in [-0.39, 0.29) is 0 Å². The normalized spacial score (nSPS) is 12.5. The summed E-state index contributed by atoms with van der Waals surface area (Å²) in [5.74, 6) is 0. The number of hydrogen-bond acceptors (Lipinski definition) is 2. The molecule has 0 radical (unpaired) electrons. The Bertz CT molecular complexity index is 334. The molecule has 1 rings (SSSR count). The molecule has 0 spiro atoms. The summed E-state index contributed by atoms with van der Waals surface area (Å²) in [6.45, 7) is 9.85. The van der Waals surface area contributed by atoms with E-state index in [0.29, 0.717) is 6.04 Å². The van der Waals surface area contributed by atoms with Gasteiger partial charge in [0.2, 0.25) is 0 Å². The van der Waals surface area contributed by atoms with Gasteiger partial charge in [0, 0.05) is 4.88 Å². The monoisotopic (exact) mass is 237 g/mol. The van der Waals surface area contributed by atoms with E-state index in [4.69, 9.17) is 0 Å². The van der Waals surface area contributed by atoms with Crippen LogP contribution in [-0.4, -0.2) is 6.54 Å². The van der Waals surface area contributed by atoms with Crippen LogP contribution in [0.3, 0.4) is 0 Å². The van der Waals surface area contributed by atoms with Crippen LogP contribution in [0.25, 0.3) is 0 Å². The minimum atomic E-state index is 0.403. The fraction of sp³-hybridized carbons (Fsp3) is 0.571. The second-order valence-electron chi connectivity index (χ2n) is 4.34. The van der Waals surface area contributed by atoms with Gasteiger partial charge in [-0.05, 0) is 50.2 Å². The number of rotatable bonds is 6. The Morgan fingerprint density at radius 2 is 2.19 bits per heavy atom. The standard InChI is InChI=1S/C14H23NS/c1-5-8-15-13(10-11(3)4)14-12(6-2)7-9-16-14/h7,9-10,13,15H,5-6,8H2,1-4H3. The van der Waals surface area contributed by atoms with Gasteiger partial charge >= 0.3 is 0 Å². The van der Waals surface area contributed by atoms with Crippen LogP contribution in [-0.2, 0) is 6.42 Å². The van der Waals surface area contributed by atoms with Gasteiger partial charge in [-0.15, -0.1) is 11.3 Å². The summed E-state index contributed by atoms with van der Waals surface area (Å²) in [7, 11) is 0. The molecule has 1 unspecified atom stereocenters. The van der Waals surface area contributed by atoms with Crippen molar-refractivity contribution in [1.29, 1.82) is 0 Å². The molecule has 2 heteroatoms. The second kappa shape index (κ2) is 6.87. The Morgan fingerprint density at radius 3 is 2.75 bits per heavy atom. The molecule has 90 valence electrons. The predicted octanol–water partition coefficient (Wildman–Crippen LogP) is 4.32. The molecular weight excluding hydrogens is 214 g/mol. The first-order valence-corrected chi connectivity index (χ1v) is 7.01. The Hall–Kier alpha value is -0.600. The van der Waals surface area contributed by atoms with Gasteiger partial charge in [-0.3, -0.25) is 0 Å². The van der Waals surface area contributed by atoms with Crippen molar-refractivity contribution in [2.75, 3.05) is 6.54 Å². The Kier molecular flexibility index (Phi) is 5.78. The van der Waals surface area contributed by atoms with Crippen LogP contribution in [0, 0.1) is 0 Å². The van der Waals surface area contributed by atoms with Crippen LogP contribution in [0.2, 0.25) is 0 Å². The highest BCUT2D eigenvalue weighted by Crippen LogP contribution is 2.26. The van der Waals surface area contributed by atoms with E-state index < -0.39 is 0 Å². The van der Waals surface area contributed by atoms with Crippen LogP contribution in [0.4, 0.5) is 0 Å². The van der Waals surface area contributed by atoms with Gasteiger partial charge < -0.3 is 5.32 Å². The highest BCUT2D eigenvalue weighted by Gasteiger charge is 2.12. The van der Waals surface area contributed by atoms with Crippen LogP contribution >= 0.6 is 11.3 Å². The minimum absolute atomic E-state index is 0.403. The van der Waals surface area contributed by atoms with Crippen molar-refractivity contribution in [3.8, 4) is 0 Å². The van der Waals surface area contributed by atoms with Crippen LogP contribution in [0.15, 0.2) is 23.1 Å². The summed E-state index contributed by atoms with van der Waals surface area (Å²) in [5.41, 5.74) is 2.86. The number of thiophene rings is 1. The van der Waals surface area contributed by atoms with Gasteiger partial charge in [-0.2, -0.15) is 0 Å². The van der Waals surface area contributed by atoms with E-state index in [1.54, 1.807) is 0 Å². The Morgan fingerprint density at radius 1 is 1.44 bits per heavy atom. The fourth-order valence-electron chi connectivity index (χ4n) is 1.77. The topological polar surface area (TPSA) is 12.0 Å². The van der Waals surface area contributed by atoms with Crippen molar-refractivity contribution in [3.63, 3.8) is 0 Å². The minimum Gasteiger partial charge on any atom is -0.306 e. The number of hydrogen-bond donors (Lipinski definition) is 1. The lowest BCUT2D eigenvalue weighted by Gasteiger charge is -2.15. The molecule has 0 aliphatic carbocycles. The van der Waals surface area contributed by atoms with Gasteiger partial charge in [0.1, 0.15) is 0 Å². The maximum atomic E-state index is 3.61. The molecule has 1 aromatic rings. The summed E-state index contributed by atoms with van der Waals surface area (Å²) in [6.07, 6.45) is 4.64. The molecule has 0 aromatic carbocycles. The van der Waals surface area contributed by atoms with Gasteiger partial charge in [0.25, 0.3) is 0 Å². The predicted molar refractivity (Wildman–Crippen MR) is 74.2 cm³/mol. The molecule has 0 fully saturated rings. The lowest BCUT2D eigenvalue weighted by atomic mass is 10.1. The van der Waals surface area contributed by atoms with Crippen molar-refractivity contribution < 1.29 is 0 Å². The fourth-order valence-corrected chi connectivity index (χ4v) is 2.81. The van der Waals surface area contributed by atoms with Gasteiger partial charge in [0.15, 0.2) is 0 Å². The van der Waals surface area contributed by atoms with E-state index in [9.17, 15) is 0 Å². The molecule has 0 saturated carbocycles. The number of nitrogens with one attached hydrogen (secondary N) is 1. The zero-order chi connectivity index (χ0) is 12.0. The summed E-state index contributed by atoms with van der Waals surface area (Å²) in [4.78, 5) is 1.48. The van der Waals surface area contributed by atoms with Gasteiger partial charge in [-0.25, -0.2) is 0 Å².